The summed E-state index contributed by atoms with van der Waals surface area (Å²) in [6, 6.07) is 12.0. The van der Waals surface area contributed by atoms with Gasteiger partial charge in [0.25, 0.3) is 0 Å². The second-order valence-electron chi connectivity index (χ2n) is 9.14. The molecular weight excluding hydrogens is 498 g/mol. The Kier molecular flexibility index (Phi) is 11.2. The summed E-state index contributed by atoms with van der Waals surface area (Å²) in [5, 5.41) is 3.41. The molecule has 0 heterocycles. The van der Waals surface area contributed by atoms with Crippen molar-refractivity contribution in [3.05, 3.63) is 64.2 Å². The first-order valence-electron chi connectivity index (χ1n) is 12.3. The standard InChI is InChI=1S/C27H38ClN3O4S/c1-6-7-16-29-27(33)22(4)30(19-23-11-8-9-12-25(23)28)26(32)13-10-17-31(36(5,34)35)24-15-14-20(2)21(3)18-24/h8-9,11-12,14-15,18,22H,6-7,10,13,16-17,19H2,1-5H3,(H,29,33)/t22-/m1/s1. The Hall–Kier alpha value is -2.58. The monoisotopic (exact) mass is 535 g/mol. The Bertz CT molecular complexity index is 1150. The molecule has 1 N–H and O–H groups in total. The van der Waals surface area contributed by atoms with Crippen LogP contribution in [0.3, 0.4) is 0 Å². The number of hydrogen-bond donors (Lipinski definition) is 1. The molecule has 0 unspecified atom stereocenters. The van der Waals surface area contributed by atoms with Crippen molar-refractivity contribution >= 4 is 39.1 Å². The third kappa shape index (κ3) is 8.52. The first kappa shape index (κ1) is 29.6. The van der Waals surface area contributed by atoms with Crippen LogP contribution < -0.4 is 9.62 Å². The van der Waals surface area contributed by atoms with Gasteiger partial charge in [0.15, 0.2) is 0 Å². The van der Waals surface area contributed by atoms with E-state index in [0.29, 0.717) is 23.7 Å². The zero-order valence-electron chi connectivity index (χ0n) is 21.9. The highest BCUT2D eigenvalue weighted by atomic mass is 35.5. The number of sulfonamides is 1. The van der Waals surface area contributed by atoms with Crippen LogP contribution in [0.4, 0.5) is 5.69 Å². The zero-order chi connectivity index (χ0) is 26.9. The second kappa shape index (κ2) is 13.7. The fourth-order valence-corrected chi connectivity index (χ4v) is 4.97. The number of carbonyl (C=O) groups excluding carboxylic acids is 2. The number of benzene rings is 2. The van der Waals surface area contributed by atoms with Gasteiger partial charge in [0.05, 0.1) is 11.9 Å². The fourth-order valence-electron chi connectivity index (χ4n) is 3.81. The number of rotatable bonds is 13. The molecule has 0 aliphatic heterocycles. The van der Waals surface area contributed by atoms with E-state index in [4.69, 9.17) is 11.6 Å². The lowest BCUT2D eigenvalue weighted by atomic mass is 10.1. The molecule has 7 nitrogen and oxygen atoms in total. The van der Waals surface area contributed by atoms with E-state index < -0.39 is 16.1 Å². The highest BCUT2D eigenvalue weighted by Crippen LogP contribution is 2.23. The minimum absolute atomic E-state index is 0.0912. The molecule has 1 atom stereocenters. The fraction of sp³-hybridized carbons (Fsp3) is 0.481. The first-order valence-corrected chi connectivity index (χ1v) is 14.5. The van der Waals surface area contributed by atoms with Crippen LogP contribution in [0, 0.1) is 13.8 Å². The summed E-state index contributed by atoms with van der Waals surface area (Å²) >= 11 is 6.34. The molecule has 0 aliphatic rings. The quantitative estimate of drug-likeness (QED) is 0.372. The molecule has 0 spiro atoms. The minimum atomic E-state index is -3.54. The predicted molar refractivity (Wildman–Crippen MR) is 147 cm³/mol. The molecule has 0 bridgehead atoms. The normalized spacial score (nSPS) is 12.2. The number of carbonyl (C=O) groups is 2. The minimum Gasteiger partial charge on any atom is -0.354 e. The maximum absolute atomic E-state index is 13.3. The molecule has 2 aromatic rings. The van der Waals surface area contributed by atoms with Gasteiger partial charge in [-0.2, -0.15) is 0 Å². The van der Waals surface area contributed by atoms with Crippen molar-refractivity contribution in [2.45, 2.75) is 66.0 Å². The van der Waals surface area contributed by atoms with Gasteiger partial charge in [0, 0.05) is 31.1 Å². The average Bonchev–Trinajstić information content (AvgIpc) is 2.82. The molecule has 0 radical (unpaired) electrons. The van der Waals surface area contributed by atoms with Crippen LogP contribution in [0.2, 0.25) is 5.02 Å². The summed E-state index contributed by atoms with van der Waals surface area (Å²) in [6.45, 7) is 8.54. The molecule has 0 aliphatic carbocycles. The number of anilines is 1. The smallest absolute Gasteiger partial charge is 0.242 e. The van der Waals surface area contributed by atoms with Crippen LogP contribution >= 0.6 is 11.6 Å². The number of aryl methyl sites for hydroxylation is 2. The van der Waals surface area contributed by atoms with E-state index in [-0.39, 0.29) is 31.3 Å². The highest BCUT2D eigenvalue weighted by Gasteiger charge is 2.27. The molecule has 2 rings (SSSR count). The van der Waals surface area contributed by atoms with E-state index in [0.717, 1.165) is 35.8 Å². The molecule has 0 aromatic heterocycles. The lowest BCUT2D eigenvalue weighted by Crippen LogP contribution is -2.48. The maximum atomic E-state index is 13.3. The molecule has 2 amide bonds. The van der Waals surface area contributed by atoms with Crippen molar-refractivity contribution in [3.8, 4) is 0 Å². The third-order valence-corrected chi connectivity index (χ3v) is 7.79. The van der Waals surface area contributed by atoms with Crippen LogP contribution in [0.15, 0.2) is 42.5 Å². The van der Waals surface area contributed by atoms with Crippen LogP contribution in [0.1, 0.15) is 56.2 Å². The Labute approximate surface area is 220 Å². The van der Waals surface area contributed by atoms with E-state index in [1.165, 1.54) is 9.21 Å². The first-order chi connectivity index (χ1) is 17.0. The largest absolute Gasteiger partial charge is 0.354 e. The predicted octanol–water partition coefficient (Wildman–Crippen LogP) is 4.84. The number of nitrogens with zero attached hydrogens (tertiary/aromatic N) is 2. The van der Waals surface area contributed by atoms with Gasteiger partial charge in [-0.05, 0) is 68.5 Å². The Balaban J connectivity index is 2.17. The lowest BCUT2D eigenvalue weighted by Gasteiger charge is -2.30. The van der Waals surface area contributed by atoms with Crippen molar-refractivity contribution in [1.82, 2.24) is 10.2 Å². The number of amides is 2. The van der Waals surface area contributed by atoms with Crippen molar-refractivity contribution in [2.24, 2.45) is 0 Å². The lowest BCUT2D eigenvalue weighted by molar-refractivity contribution is -0.140. The molecule has 9 heteroatoms. The van der Waals surface area contributed by atoms with Gasteiger partial charge >= 0.3 is 0 Å². The number of halogens is 1. The molecule has 36 heavy (non-hydrogen) atoms. The molecule has 198 valence electrons. The van der Waals surface area contributed by atoms with Crippen molar-refractivity contribution < 1.29 is 18.0 Å². The Morgan fingerprint density at radius 2 is 1.75 bits per heavy atom. The highest BCUT2D eigenvalue weighted by molar-refractivity contribution is 7.92. The van der Waals surface area contributed by atoms with Gasteiger partial charge < -0.3 is 10.2 Å². The Morgan fingerprint density at radius 3 is 2.36 bits per heavy atom. The average molecular weight is 536 g/mol. The van der Waals surface area contributed by atoms with E-state index in [1.807, 2.05) is 51.1 Å². The van der Waals surface area contributed by atoms with Gasteiger partial charge in [-0.25, -0.2) is 8.42 Å². The van der Waals surface area contributed by atoms with Crippen LogP contribution in [0.5, 0.6) is 0 Å². The Morgan fingerprint density at radius 1 is 1.06 bits per heavy atom. The van der Waals surface area contributed by atoms with E-state index in [9.17, 15) is 18.0 Å². The third-order valence-electron chi connectivity index (χ3n) is 6.23. The molecule has 2 aromatic carbocycles. The van der Waals surface area contributed by atoms with Crippen LogP contribution in [0.25, 0.3) is 0 Å². The van der Waals surface area contributed by atoms with Crippen LogP contribution in [-0.2, 0) is 26.2 Å². The molecule has 0 fully saturated rings. The van der Waals surface area contributed by atoms with Gasteiger partial charge in [0.1, 0.15) is 6.04 Å². The van der Waals surface area contributed by atoms with Crippen LogP contribution in [-0.4, -0.2) is 50.5 Å². The van der Waals surface area contributed by atoms with Gasteiger partial charge in [-0.1, -0.05) is 49.2 Å². The maximum Gasteiger partial charge on any atom is 0.242 e. The van der Waals surface area contributed by atoms with Crippen molar-refractivity contribution in [3.63, 3.8) is 0 Å². The van der Waals surface area contributed by atoms with Gasteiger partial charge in [-0.15, -0.1) is 0 Å². The number of nitrogens with one attached hydrogen (secondary N) is 1. The van der Waals surface area contributed by atoms with E-state index in [1.54, 1.807) is 19.1 Å². The second-order valence-corrected chi connectivity index (χ2v) is 11.5. The van der Waals surface area contributed by atoms with Crippen molar-refractivity contribution in [2.75, 3.05) is 23.7 Å². The molecule has 0 saturated carbocycles. The van der Waals surface area contributed by atoms with E-state index >= 15 is 0 Å². The van der Waals surface area contributed by atoms with Gasteiger partial charge in [0.2, 0.25) is 21.8 Å². The van der Waals surface area contributed by atoms with Crippen molar-refractivity contribution in [1.29, 1.82) is 0 Å². The topological polar surface area (TPSA) is 86.8 Å². The number of hydrogen-bond acceptors (Lipinski definition) is 4. The summed E-state index contributed by atoms with van der Waals surface area (Å²) < 4.78 is 26.3. The number of unbranched alkanes of at least 4 members (excludes halogenated alkanes) is 1. The van der Waals surface area contributed by atoms with Gasteiger partial charge in [-0.3, -0.25) is 13.9 Å². The molecule has 0 saturated heterocycles. The summed E-state index contributed by atoms with van der Waals surface area (Å²) in [5.41, 5.74) is 3.38. The molecular formula is C27H38ClN3O4S. The van der Waals surface area contributed by atoms with E-state index in [2.05, 4.69) is 5.32 Å². The summed E-state index contributed by atoms with van der Waals surface area (Å²) in [7, 11) is -3.54. The summed E-state index contributed by atoms with van der Waals surface area (Å²) in [6.07, 6.45) is 3.37. The summed E-state index contributed by atoms with van der Waals surface area (Å²) in [4.78, 5) is 27.6. The zero-order valence-corrected chi connectivity index (χ0v) is 23.5. The SMILES string of the molecule is CCCCNC(=O)[C@@H](C)N(Cc1ccccc1Cl)C(=O)CCCN(c1ccc(C)c(C)c1)S(C)(=O)=O. The summed E-state index contributed by atoms with van der Waals surface area (Å²) in [5.74, 6) is -0.460.